The van der Waals surface area contributed by atoms with Gasteiger partial charge in [-0.05, 0) is 50.3 Å². The van der Waals surface area contributed by atoms with Crippen molar-refractivity contribution < 1.29 is 14.3 Å². The number of carbonyl (C=O) groups is 1. The first-order chi connectivity index (χ1) is 13.2. The minimum absolute atomic E-state index is 0. The fourth-order valence-corrected chi connectivity index (χ4v) is 3.75. The fourth-order valence-electron chi connectivity index (χ4n) is 3.75. The number of benzene rings is 1. The number of rotatable bonds is 6. The molecular weight excluding hydrogens is 471 g/mol. The molecule has 1 saturated heterocycles. The predicted molar refractivity (Wildman–Crippen MR) is 119 cm³/mol. The summed E-state index contributed by atoms with van der Waals surface area (Å²) in [6.07, 6.45) is 4.47. The first kappa shape index (κ1) is 21.0. The van der Waals surface area contributed by atoms with Gasteiger partial charge in [-0.15, -0.1) is 24.0 Å². The predicted octanol–water partition coefficient (Wildman–Crippen LogP) is 2.24. The smallest absolute Gasteiger partial charge is 0.244 e. The van der Waals surface area contributed by atoms with Gasteiger partial charge in [0.15, 0.2) is 17.5 Å². The van der Waals surface area contributed by atoms with E-state index in [1.54, 1.807) is 0 Å². The zero-order valence-electron chi connectivity index (χ0n) is 16.3. The van der Waals surface area contributed by atoms with Gasteiger partial charge in [0.1, 0.15) is 6.54 Å². The summed E-state index contributed by atoms with van der Waals surface area (Å²) in [5.74, 6) is 2.46. The number of hydrogen-bond acceptors (Lipinski definition) is 4. The number of carbonyl (C=O) groups excluding carboxylic acids is 1. The average Bonchev–Trinajstić information content (AvgIpc) is 3.10. The Bertz CT molecular complexity index is 730. The van der Waals surface area contributed by atoms with Gasteiger partial charge in [-0.25, -0.2) is 4.99 Å². The van der Waals surface area contributed by atoms with Crippen LogP contribution in [-0.4, -0.2) is 56.3 Å². The van der Waals surface area contributed by atoms with Crippen molar-refractivity contribution in [2.24, 2.45) is 4.99 Å². The minimum atomic E-state index is 0. The summed E-state index contributed by atoms with van der Waals surface area (Å²) >= 11 is 0. The molecule has 0 bridgehead atoms. The number of ether oxygens (including phenoxy) is 2. The van der Waals surface area contributed by atoms with Crippen LogP contribution in [0.5, 0.6) is 11.5 Å². The number of nitrogens with one attached hydrogen (secondary N) is 2. The second kappa shape index (κ2) is 9.19. The zero-order valence-corrected chi connectivity index (χ0v) is 18.7. The van der Waals surface area contributed by atoms with E-state index >= 15 is 0 Å². The Balaban J connectivity index is 0.00000225. The van der Waals surface area contributed by atoms with Crippen LogP contribution in [0.2, 0.25) is 0 Å². The Hall–Kier alpha value is -1.71. The normalized spacial score (nSPS) is 19.2. The van der Waals surface area contributed by atoms with Gasteiger partial charge in [0.2, 0.25) is 12.7 Å². The maximum atomic E-state index is 12.2. The molecule has 28 heavy (non-hydrogen) atoms. The Morgan fingerprint density at radius 2 is 1.93 bits per heavy atom. The van der Waals surface area contributed by atoms with Crippen molar-refractivity contribution in [1.29, 1.82) is 0 Å². The molecule has 1 aromatic carbocycles. The fraction of sp³-hybridized carbons (Fsp3) is 0.600. The summed E-state index contributed by atoms with van der Waals surface area (Å²) in [6.45, 7) is 5.82. The van der Waals surface area contributed by atoms with E-state index in [0.717, 1.165) is 63.4 Å². The summed E-state index contributed by atoms with van der Waals surface area (Å²) in [7, 11) is 0. The number of guanidine groups is 1. The molecule has 0 spiro atoms. The molecule has 1 amide bonds. The molecule has 7 nitrogen and oxygen atoms in total. The summed E-state index contributed by atoms with van der Waals surface area (Å²) in [5, 5.41) is 6.68. The van der Waals surface area contributed by atoms with Crippen molar-refractivity contribution in [1.82, 2.24) is 15.5 Å². The third-order valence-corrected chi connectivity index (χ3v) is 5.61. The lowest BCUT2D eigenvalue weighted by atomic mass is 9.95. The molecule has 2 aliphatic heterocycles. The third-order valence-electron chi connectivity index (χ3n) is 5.61. The highest BCUT2D eigenvalue weighted by Crippen LogP contribution is 2.49. The van der Waals surface area contributed by atoms with Crippen LogP contribution in [0.1, 0.15) is 38.2 Å². The maximum absolute atomic E-state index is 12.2. The van der Waals surface area contributed by atoms with E-state index in [9.17, 15) is 4.79 Å². The van der Waals surface area contributed by atoms with E-state index in [2.05, 4.69) is 27.8 Å². The number of hydrogen-bond donors (Lipinski definition) is 2. The molecular formula is C20H29IN4O3. The van der Waals surface area contributed by atoms with Crippen molar-refractivity contribution in [3.8, 4) is 11.5 Å². The molecule has 0 atom stereocenters. The molecule has 2 heterocycles. The number of nitrogens with zero attached hydrogens (tertiary/aromatic N) is 2. The highest BCUT2D eigenvalue weighted by Gasteiger charge is 2.44. The summed E-state index contributed by atoms with van der Waals surface area (Å²) in [5.41, 5.74) is 1.37. The minimum Gasteiger partial charge on any atom is -0.454 e. The van der Waals surface area contributed by atoms with E-state index in [-0.39, 0.29) is 41.8 Å². The van der Waals surface area contributed by atoms with Gasteiger partial charge < -0.3 is 25.0 Å². The molecule has 8 heteroatoms. The maximum Gasteiger partial charge on any atom is 0.244 e. The largest absolute Gasteiger partial charge is 0.454 e. The van der Waals surface area contributed by atoms with Crippen LogP contribution in [0.3, 0.4) is 0 Å². The highest BCUT2D eigenvalue weighted by atomic mass is 127. The van der Waals surface area contributed by atoms with Gasteiger partial charge >= 0.3 is 0 Å². The van der Waals surface area contributed by atoms with E-state index in [0.29, 0.717) is 12.8 Å². The Morgan fingerprint density at radius 1 is 1.18 bits per heavy atom. The quantitative estimate of drug-likeness (QED) is 0.356. The van der Waals surface area contributed by atoms with Crippen molar-refractivity contribution in [2.75, 3.05) is 39.5 Å². The van der Waals surface area contributed by atoms with Crippen LogP contribution in [-0.2, 0) is 10.2 Å². The monoisotopic (exact) mass is 500 g/mol. The lowest BCUT2D eigenvalue weighted by Gasteiger charge is -2.20. The number of fused-ring (bicyclic) bond motifs is 1. The lowest BCUT2D eigenvalue weighted by Crippen LogP contribution is -2.42. The Morgan fingerprint density at radius 3 is 2.64 bits per heavy atom. The summed E-state index contributed by atoms with van der Waals surface area (Å²) in [4.78, 5) is 18.6. The number of halogens is 1. The van der Waals surface area contributed by atoms with E-state index in [4.69, 9.17) is 9.47 Å². The Kier molecular flexibility index (Phi) is 6.90. The molecule has 1 saturated carbocycles. The molecule has 2 fully saturated rings. The standard InChI is InChI=1S/C20H28N4O3.HI/c1-2-21-19(22-12-18(25)24-9-3-4-10-24)23-13-20(7-8-20)15-5-6-16-17(11-15)27-14-26-16;/h5-6,11H,2-4,7-10,12-14H2,1H3,(H2,21,22,23);1H. The van der Waals surface area contributed by atoms with Crippen molar-refractivity contribution in [3.63, 3.8) is 0 Å². The highest BCUT2D eigenvalue weighted by molar-refractivity contribution is 14.0. The lowest BCUT2D eigenvalue weighted by molar-refractivity contribution is -0.128. The van der Waals surface area contributed by atoms with Gasteiger partial charge in [-0.3, -0.25) is 4.79 Å². The van der Waals surface area contributed by atoms with E-state index in [1.165, 1.54) is 5.56 Å². The SMILES string of the molecule is CCNC(=NCC(=O)N1CCCC1)NCC1(c2ccc3c(c2)OCO3)CC1.I. The molecule has 0 radical (unpaired) electrons. The average molecular weight is 500 g/mol. The van der Waals surface area contributed by atoms with Crippen LogP contribution in [0.15, 0.2) is 23.2 Å². The van der Waals surface area contributed by atoms with Crippen LogP contribution >= 0.6 is 24.0 Å². The van der Waals surface area contributed by atoms with Gasteiger partial charge in [-0.1, -0.05) is 6.07 Å². The van der Waals surface area contributed by atoms with E-state index in [1.807, 2.05) is 17.9 Å². The number of amides is 1. The molecule has 0 aromatic heterocycles. The summed E-state index contributed by atoms with van der Waals surface area (Å²) < 4.78 is 10.9. The van der Waals surface area contributed by atoms with Gasteiger partial charge in [-0.2, -0.15) is 0 Å². The molecule has 3 aliphatic rings. The zero-order chi connectivity index (χ0) is 18.7. The Labute approximate surface area is 183 Å². The van der Waals surface area contributed by atoms with Crippen molar-refractivity contribution in [3.05, 3.63) is 23.8 Å². The molecule has 2 N–H and O–H groups in total. The third kappa shape index (κ3) is 4.64. The molecule has 1 aromatic rings. The molecule has 0 unspecified atom stereocenters. The number of aliphatic imine (C=N–C) groups is 1. The first-order valence-electron chi connectivity index (χ1n) is 9.90. The van der Waals surface area contributed by atoms with Crippen molar-refractivity contribution >= 4 is 35.8 Å². The molecule has 1 aliphatic carbocycles. The molecule has 154 valence electrons. The van der Waals surface area contributed by atoms with Crippen LogP contribution in [0.4, 0.5) is 0 Å². The number of likely N-dealkylation sites (tertiary alicyclic amines) is 1. The second-order valence-corrected chi connectivity index (χ2v) is 7.48. The van der Waals surface area contributed by atoms with Crippen LogP contribution in [0.25, 0.3) is 0 Å². The van der Waals surface area contributed by atoms with Gasteiger partial charge in [0.05, 0.1) is 0 Å². The van der Waals surface area contributed by atoms with Crippen LogP contribution < -0.4 is 20.1 Å². The van der Waals surface area contributed by atoms with Gasteiger partial charge in [0.25, 0.3) is 0 Å². The summed E-state index contributed by atoms with van der Waals surface area (Å²) in [6, 6.07) is 6.22. The topological polar surface area (TPSA) is 75.2 Å². The second-order valence-electron chi connectivity index (χ2n) is 7.48. The van der Waals surface area contributed by atoms with Crippen LogP contribution in [0, 0.1) is 0 Å². The van der Waals surface area contributed by atoms with Gasteiger partial charge in [0, 0.05) is 31.6 Å². The van der Waals surface area contributed by atoms with Crippen molar-refractivity contribution in [2.45, 2.75) is 38.0 Å². The van der Waals surface area contributed by atoms with E-state index < -0.39 is 0 Å². The molecule has 4 rings (SSSR count). The first-order valence-corrected chi connectivity index (χ1v) is 9.90.